The van der Waals surface area contributed by atoms with Gasteiger partial charge in [0.15, 0.2) is 0 Å². The highest BCUT2D eigenvalue weighted by Gasteiger charge is 2.15. The molecule has 1 aliphatic heterocycles. The van der Waals surface area contributed by atoms with Crippen LogP contribution >= 0.6 is 23.2 Å². The summed E-state index contributed by atoms with van der Waals surface area (Å²) >= 11 is 11.9. The van der Waals surface area contributed by atoms with Crippen molar-refractivity contribution in [3.8, 4) is 5.75 Å². The number of halogens is 2. The smallest absolute Gasteiger partial charge is 0.244 e. The summed E-state index contributed by atoms with van der Waals surface area (Å²) in [6.45, 7) is 2.68. The molecule has 1 atom stereocenters. The summed E-state index contributed by atoms with van der Waals surface area (Å²) in [5, 5.41) is 4.03. The lowest BCUT2D eigenvalue weighted by atomic mass is 10.0. The Labute approximate surface area is 151 Å². The van der Waals surface area contributed by atoms with E-state index >= 15 is 0 Å². The third-order valence-electron chi connectivity index (χ3n) is 3.95. The van der Waals surface area contributed by atoms with E-state index in [1.165, 1.54) is 11.6 Å². The van der Waals surface area contributed by atoms with Gasteiger partial charge in [-0.15, -0.1) is 0 Å². The van der Waals surface area contributed by atoms with E-state index in [1.54, 1.807) is 24.3 Å². The zero-order valence-corrected chi connectivity index (χ0v) is 14.7. The number of ether oxygens (including phenoxy) is 1. The SMILES string of the molecule is CC(NC(=O)/C=C/c1ccc(Cl)cc1Cl)c1ccc2c(c1)CCO2. The lowest BCUT2D eigenvalue weighted by Crippen LogP contribution is -2.24. The van der Waals surface area contributed by atoms with Crippen molar-refractivity contribution in [2.45, 2.75) is 19.4 Å². The van der Waals surface area contributed by atoms with Crippen LogP contribution in [0.4, 0.5) is 0 Å². The molecule has 1 amide bonds. The minimum Gasteiger partial charge on any atom is -0.493 e. The zero-order valence-electron chi connectivity index (χ0n) is 13.2. The number of benzene rings is 2. The molecule has 1 unspecified atom stereocenters. The Balaban J connectivity index is 1.64. The topological polar surface area (TPSA) is 38.3 Å². The maximum atomic E-state index is 12.1. The standard InChI is InChI=1S/C19H17Cl2NO2/c1-12(14-3-6-18-15(10-14)8-9-24-18)22-19(23)7-4-13-2-5-16(20)11-17(13)21/h2-7,10-12H,8-9H2,1H3,(H,22,23)/b7-4+. The van der Waals surface area contributed by atoms with Gasteiger partial charge >= 0.3 is 0 Å². The Bertz CT molecular complexity index is 802. The predicted molar refractivity (Wildman–Crippen MR) is 97.7 cm³/mol. The van der Waals surface area contributed by atoms with Crippen LogP contribution in [0.5, 0.6) is 5.75 Å². The molecule has 24 heavy (non-hydrogen) atoms. The largest absolute Gasteiger partial charge is 0.493 e. The van der Waals surface area contributed by atoms with Crippen molar-refractivity contribution in [3.05, 3.63) is 69.2 Å². The van der Waals surface area contributed by atoms with Crippen LogP contribution in [0.15, 0.2) is 42.5 Å². The van der Waals surface area contributed by atoms with E-state index in [9.17, 15) is 4.79 Å². The summed E-state index contributed by atoms with van der Waals surface area (Å²) < 4.78 is 5.50. The first-order valence-electron chi connectivity index (χ1n) is 7.72. The van der Waals surface area contributed by atoms with Crippen molar-refractivity contribution in [1.29, 1.82) is 0 Å². The molecule has 0 spiro atoms. The minimum absolute atomic E-state index is 0.0891. The molecule has 2 aromatic carbocycles. The Morgan fingerprint density at radius 3 is 2.88 bits per heavy atom. The van der Waals surface area contributed by atoms with Crippen molar-refractivity contribution in [2.75, 3.05) is 6.61 Å². The van der Waals surface area contributed by atoms with E-state index in [4.69, 9.17) is 27.9 Å². The molecule has 1 N–H and O–H groups in total. The van der Waals surface area contributed by atoms with Crippen molar-refractivity contribution < 1.29 is 9.53 Å². The van der Waals surface area contributed by atoms with Crippen LogP contribution in [-0.2, 0) is 11.2 Å². The molecule has 1 heterocycles. The average Bonchev–Trinajstić information content (AvgIpc) is 3.01. The molecule has 0 fully saturated rings. The van der Waals surface area contributed by atoms with Crippen LogP contribution < -0.4 is 10.1 Å². The number of hydrogen-bond donors (Lipinski definition) is 1. The third kappa shape index (κ3) is 3.92. The fraction of sp³-hybridized carbons (Fsp3) is 0.211. The molecule has 0 aliphatic carbocycles. The number of hydrogen-bond acceptors (Lipinski definition) is 2. The number of carbonyl (C=O) groups is 1. The fourth-order valence-electron chi connectivity index (χ4n) is 2.62. The molecule has 0 saturated heterocycles. The number of amides is 1. The molecule has 0 radical (unpaired) electrons. The second-order valence-corrected chi connectivity index (χ2v) is 6.54. The molecule has 0 bridgehead atoms. The van der Waals surface area contributed by atoms with Crippen molar-refractivity contribution in [1.82, 2.24) is 5.32 Å². The number of fused-ring (bicyclic) bond motifs is 1. The van der Waals surface area contributed by atoms with E-state index in [1.807, 2.05) is 19.1 Å². The van der Waals surface area contributed by atoms with E-state index in [-0.39, 0.29) is 11.9 Å². The molecular weight excluding hydrogens is 345 g/mol. The van der Waals surface area contributed by atoms with Gasteiger partial charge in [0.25, 0.3) is 0 Å². The summed E-state index contributed by atoms with van der Waals surface area (Å²) in [5.74, 6) is 0.764. The van der Waals surface area contributed by atoms with Gasteiger partial charge in [-0.1, -0.05) is 35.3 Å². The molecule has 5 heteroatoms. The maximum absolute atomic E-state index is 12.1. The van der Waals surface area contributed by atoms with E-state index < -0.39 is 0 Å². The number of nitrogens with one attached hydrogen (secondary N) is 1. The highest BCUT2D eigenvalue weighted by Crippen LogP contribution is 2.28. The quantitative estimate of drug-likeness (QED) is 0.792. The monoisotopic (exact) mass is 361 g/mol. The molecule has 3 rings (SSSR count). The third-order valence-corrected chi connectivity index (χ3v) is 4.51. The minimum atomic E-state index is -0.176. The van der Waals surface area contributed by atoms with Crippen LogP contribution in [0.3, 0.4) is 0 Å². The Hall–Kier alpha value is -1.97. The van der Waals surface area contributed by atoms with Gasteiger partial charge in [0.2, 0.25) is 5.91 Å². The summed E-state index contributed by atoms with van der Waals surface area (Å²) in [4.78, 5) is 12.1. The highest BCUT2D eigenvalue weighted by molar-refractivity contribution is 6.35. The summed E-state index contributed by atoms with van der Waals surface area (Å²) in [6.07, 6.45) is 4.07. The van der Waals surface area contributed by atoms with Crippen LogP contribution in [0.25, 0.3) is 6.08 Å². The first-order valence-corrected chi connectivity index (χ1v) is 8.48. The number of carbonyl (C=O) groups excluding carboxylic acids is 1. The molecular formula is C19H17Cl2NO2. The summed E-state index contributed by atoms with van der Waals surface area (Å²) in [7, 11) is 0. The van der Waals surface area contributed by atoms with E-state index in [0.29, 0.717) is 10.0 Å². The fourth-order valence-corrected chi connectivity index (χ4v) is 3.09. The first-order chi connectivity index (χ1) is 11.5. The van der Waals surface area contributed by atoms with Gasteiger partial charge in [-0.2, -0.15) is 0 Å². The zero-order chi connectivity index (χ0) is 17.1. The van der Waals surface area contributed by atoms with E-state index in [0.717, 1.165) is 29.9 Å². The second-order valence-electron chi connectivity index (χ2n) is 5.70. The Morgan fingerprint density at radius 1 is 1.25 bits per heavy atom. The van der Waals surface area contributed by atoms with Gasteiger partial charge in [0.1, 0.15) is 5.75 Å². The van der Waals surface area contributed by atoms with Gasteiger partial charge < -0.3 is 10.1 Å². The van der Waals surface area contributed by atoms with Gasteiger partial charge in [0.05, 0.1) is 12.6 Å². The van der Waals surface area contributed by atoms with Gasteiger partial charge in [-0.25, -0.2) is 0 Å². The molecule has 2 aromatic rings. The second kappa shape index (κ2) is 7.29. The van der Waals surface area contributed by atoms with Gasteiger partial charge in [0, 0.05) is 22.5 Å². The maximum Gasteiger partial charge on any atom is 0.244 e. The molecule has 1 aliphatic rings. The summed E-state index contributed by atoms with van der Waals surface area (Å²) in [5.41, 5.74) is 3.00. The predicted octanol–water partition coefficient (Wildman–Crippen LogP) is 4.82. The van der Waals surface area contributed by atoms with Crippen LogP contribution in [-0.4, -0.2) is 12.5 Å². The number of rotatable bonds is 4. The van der Waals surface area contributed by atoms with Crippen LogP contribution in [0, 0.1) is 0 Å². The molecule has 3 nitrogen and oxygen atoms in total. The van der Waals surface area contributed by atoms with Crippen LogP contribution in [0.2, 0.25) is 10.0 Å². The molecule has 0 aromatic heterocycles. The lowest BCUT2D eigenvalue weighted by Gasteiger charge is -2.14. The highest BCUT2D eigenvalue weighted by atomic mass is 35.5. The van der Waals surface area contributed by atoms with Crippen molar-refractivity contribution >= 4 is 35.2 Å². The Kier molecular flexibility index (Phi) is 5.12. The molecule has 0 saturated carbocycles. The van der Waals surface area contributed by atoms with Crippen molar-refractivity contribution in [3.63, 3.8) is 0 Å². The first kappa shape index (κ1) is 16.9. The van der Waals surface area contributed by atoms with Gasteiger partial charge in [-0.05, 0) is 54.0 Å². The van der Waals surface area contributed by atoms with Crippen molar-refractivity contribution in [2.24, 2.45) is 0 Å². The lowest BCUT2D eigenvalue weighted by molar-refractivity contribution is -0.117. The molecule has 124 valence electrons. The summed E-state index contributed by atoms with van der Waals surface area (Å²) in [6, 6.07) is 11.1. The average molecular weight is 362 g/mol. The van der Waals surface area contributed by atoms with Crippen LogP contribution in [0.1, 0.15) is 29.7 Å². The Morgan fingerprint density at radius 2 is 2.08 bits per heavy atom. The van der Waals surface area contributed by atoms with E-state index in [2.05, 4.69) is 11.4 Å². The normalized spacial score (nSPS) is 14.3. The van der Waals surface area contributed by atoms with Gasteiger partial charge in [-0.3, -0.25) is 4.79 Å².